The number of esters is 1. The van der Waals surface area contributed by atoms with Crippen molar-refractivity contribution in [1.29, 1.82) is 0 Å². The van der Waals surface area contributed by atoms with Crippen LogP contribution in [0.5, 0.6) is 0 Å². The van der Waals surface area contributed by atoms with Gasteiger partial charge in [-0.15, -0.1) is 5.06 Å². The first kappa shape index (κ1) is 10.7. The van der Waals surface area contributed by atoms with E-state index in [1.165, 1.54) is 0 Å². The Kier molecular flexibility index (Phi) is 2.11. The van der Waals surface area contributed by atoms with Crippen LogP contribution in [0.25, 0.3) is 0 Å². The summed E-state index contributed by atoms with van der Waals surface area (Å²) in [6.07, 6.45) is -1.03. The maximum Gasteiger partial charge on any atom is 0.441 e. The number of nitrogens with zero attached hydrogens (tertiary/aromatic N) is 1. The van der Waals surface area contributed by atoms with Crippen LogP contribution < -0.4 is 5.73 Å². The molecule has 0 radical (unpaired) electrons. The third-order valence-corrected chi connectivity index (χ3v) is 2.87. The summed E-state index contributed by atoms with van der Waals surface area (Å²) in [5.41, 5.74) is 7.04. The molecule has 1 saturated heterocycles. The predicted molar refractivity (Wildman–Crippen MR) is 55.4 cm³/mol. The van der Waals surface area contributed by atoms with E-state index in [4.69, 9.17) is 10.5 Å². The van der Waals surface area contributed by atoms with Crippen LogP contribution in [0.15, 0.2) is 18.2 Å². The van der Waals surface area contributed by atoms with Gasteiger partial charge in [0.15, 0.2) is 0 Å². The fraction of sp³-hybridized carbons (Fsp3) is 0.182. The maximum atomic E-state index is 12.0. The van der Waals surface area contributed by atoms with E-state index in [1.54, 1.807) is 18.2 Å². The zero-order valence-corrected chi connectivity index (χ0v) is 9.08. The Morgan fingerprint density at radius 1 is 1.22 bits per heavy atom. The summed E-state index contributed by atoms with van der Waals surface area (Å²) in [6.45, 7) is 0.187. The lowest BCUT2D eigenvalue weighted by Gasteiger charge is -2.27. The van der Waals surface area contributed by atoms with Crippen LogP contribution >= 0.6 is 0 Å². The molecule has 3 rings (SSSR count). The number of fused-ring (bicyclic) bond motifs is 3. The SMILES string of the molecule is NCc1cccc2c1C1OC(=O)C(=O)ON1C2=O. The Bertz CT molecular complexity index is 583. The molecule has 1 aromatic carbocycles. The Labute approximate surface area is 101 Å². The molecule has 1 fully saturated rings. The molecule has 0 spiro atoms. The first-order valence-corrected chi connectivity index (χ1v) is 5.22. The number of ether oxygens (including phenoxy) is 1. The highest BCUT2D eigenvalue weighted by molar-refractivity contribution is 6.30. The summed E-state index contributed by atoms with van der Waals surface area (Å²) in [6, 6.07) is 4.96. The largest absolute Gasteiger partial charge is 0.441 e. The van der Waals surface area contributed by atoms with Gasteiger partial charge in [0.2, 0.25) is 6.23 Å². The molecule has 0 aliphatic carbocycles. The smallest absolute Gasteiger partial charge is 0.425 e. The van der Waals surface area contributed by atoms with E-state index in [2.05, 4.69) is 4.84 Å². The lowest BCUT2D eigenvalue weighted by atomic mass is 10.0. The molecule has 92 valence electrons. The maximum absolute atomic E-state index is 12.0. The zero-order valence-electron chi connectivity index (χ0n) is 9.08. The molecule has 2 aliphatic rings. The van der Waals surface area contributed by atoms with Gasteiger partial charge in [-0.05, 0) is 11.6 Å². The van der Waals surface area contributed by atoms with E-state index in [-0.39, 0.29) is 6.54 Å². The molecule has 18 heavy (non-hydrogen) atoms. The van der Waals surface area contributed by atoms with Crippen molar-refractivity contribution in [2.75, 3.05) is 0 Å². The van der Waals surface area contributed by atoms with E-state index in [0.29, 0.717) is 16.7 Å². The van der Waals surface area contributed by atoms with Crippen LogP contribution in [-0.2, 0) is 25.7 Å². The lowest BCUT2D eigenvalue weighted by molar-refractivity contribution is -0.244. The molecule has 1 unspecified atom stereocenters. The van der Waals surface area contributed by atoms with Crippen molar-refractivity contribution in [2.24, 2.45) is 5.73 Å². The van der Waals surface area contributed by atoms with Gasteiger partial charge in [0, 0.05) is 12.1 Å². The highest BCUT2D eigenvalue weighted by atomic mass is 16.8. The quantitative estimate of drug-likeness (QED) is 0.537. The van der Waals surface area contributed by atoms with Gasteiger partial charge >= 0.3 is 11.9 Å². The van der Waals surface area contributed by atoms with E-state index in [0.717, 1.165) is 5.06 Å². The first-order valence-electron chi connectivity index (χ1n) is 5.22. The van der Waals surface area contributed by atoms with Gasteiger partial charge in [-0.2, -0.15) is 0 Å². The summed E-state index contributed by atoms with van der Waals surface area (Å²) in [5, 5.41) is 0.757. The summed E-state index contributed by atoms with van der Waals surface area (Å²) in [4.78, 5) is 38.9. The Morgan fingerprint density at radius 3 is 2.72 bits per heavy atom. The fourth-order valence-corrected chi connectivity index (χ4v) is 2.08. The second-order valence-electron chi connectivity index (χ2n) is 3.85. The standard InChI is InChI=1S/C11H8N2O5/c12-4-5-2-1-3-6-7(5)9-13(8(6)14)18-11(16)10(15)17-9/h1-3,9H,4,12H2. The van der Waals surface area contributed by atoms with E-state index < -0.39 is 24.1 Å². The Balaban J connectivity index is 2.14. The van der Waals surface area contributed by atoms with Gasteiger partial charge in [-0.25, -0.2) is 9.59 Å². The van der Waals surface area contributed by atoms with Crippen LogP contribution in [0.4, 0.5) is 0 Å². The molecular weight excluding hydrogens is 240 g/mol. The second kappa shape index (κ2) is 3.54. The monoisotopic (exact) mass is 248 g/mol. The minimum absolute atomic E-state index is 0.187. The average Bonchev–Trinajstić information content (AvgIpc) is 2.64. The number of hydroxylamine groups is 2. The van der Waals surface area contributed by atoms with Crippen molar-refractivity contribution in [3.05, 3.63) is 34.9 Å². The summed E-state index contributed by atoms with van der Waals surface area (Å²) in [7, 11) is 0. The molecule has 1 atom stereocenters. The summed E-state index contributed by atoms with van der Waals surface area (Å²) in [5.74, 6) is -2.85. The van der Waals surface area contributed by atoms with Crippen molar-refractivity contribution < 1.29 is 24.0 Å². The lowest BCUT2D eigenvalue weighted by Crippen LogP contribution is -2.42. The molecule has 1 aromatic rings. The number of amides is 1. The number of benzene rings is 1. The van der Waals surface area contributed by atoms with Crippen LogP contribution in [0.2, 0.25) is 0 Å². The zero-order chi connectivity index (χ0) is 12.9. The van der Waals surface area contributed by atoms with Gasteiger partial charge in [0.25, 0.3) is 5.91 Å². The minimum atomic E-state index is -1.21. The topological polar surface area (TPSA) is 98.9 Å². The molecule has 2 aliphatic heterocycles. The highest BCUT2D eigenvalue weighted by Gasteiger charge is 2.48. The first-order chi connectivity index (χ1) is 8.63. The number of hydrogen-bond donors (Lipinski definition) is 1. The molecule has 7 heteroatoms. The fourth-order valence-electron chi connectivity index (χ4n) is 2.08. The van der Waals surface area contributed by atoms with Crippen molar-refractivity contribution in [1.82, 2.24) is 5.06 Å². The molecule has 2 N–H and O–H groups in total. The van der Waals surface area contributed by atoms with E-state index >= 15 is 0 Å². The van der Waals surface area contributed by atoms with Crippen molar-refractivity contribution in [3.8, 4) is 0 Å². The van der Waals surface area contributed by atoms with Gasteiger partial charge in [-0.3, -0.25) is 4.79 Å². The minimum Gasteiger partial charge on any atom is -0.425 e. The molecule has 1 amide bonds. The van der Waals surface area contributed by atoms with Crippen molar-refractivity contribution >= 4 is 17.8 Å². The van der Waals surface area contributed by atoms with Crippen LogP contribution in [0, 0.1) is 0 Å². The number of carbonyl (C=O) groups excluding carboxylic acids is 3. The molecular formula is C11H8N2O5. The number of nitrogens with two attached hydrogens (primary N) is 1. The van der Waals surface area contributed by atoms with Gasteiger partial charge in [-0.1, -0.05) is 12.1 Å². The number of rotatable bonds is 1. The third-order valence-electron chi connectivity index (χ3n) is 2.87. The molecule has 0 bridgehead atoms. The predicted octanol–water partition coefficient (Wildman–Crippen LogP) is -0.385. The Morgan fingerprint density at radius 2 is 2.00 bits per heavy atom. The summed E-state index contributed by atoms with van der Waals surface area (Å²) >= 11 is 0. The number of hydrogen-bond acceptors (Lipinski definition) is 6. The van der Waals surface area contributed by atoms with E-state index in [1.807, 2.05) is 0 Å². The van der Waals surface area contributed by atoms with Gasteiger partial charge in [0.05, 0.1) is 5.56 Å². The van der Waals surface area contributed by atoms with Crippen molar-refractivity contribution in [3.63, 3.8) is 0 Å². The normalized spacial score (nSPS) is 21.3. The van der Waals surface area contributed by atoms with Gasteiger partial charge in [0.1, 0.15) is 0 Å². The molecule has 0 aromatic heterocycles. The summed E-state index contributed by atoms with van der Waals surface area (Å²) < 4.78 is 4.90. The molecule has 2 heterocycles. The average molecular weight is 248 g/mol. The van der Waals surface area contributed by atoms with Crippen LogP contribution in [0.3, 0.4) is 0 Å². The second-order valence-corrected chi connectivity index (χ2v) is 3.85. The third kappa shape index (κ3) is 1.25. The Hall–Kier alpha value is -2.41. The number of carbonyl (C=O) groups is 3. The highest BCUT2D eigenvalue weighted by Crippen LogP contribution is 2.38. The van der Waals surface area contributed by atoms with Crippen molar-refractivity contribution in [2.45, 2.75) is 12.8 Å². The van der Waals surface area contributed by atoms with Crippen LogP contribution in [-0.4, -0.2) is 22.9 Å². The van der Waals surface area contributed by atoms with Crippen LogP contribution in [0.1, 0.15) is 27.7 Å². The molecule has 0 saturated carbocycles. The van der Waals surface area contributed by atoms with Gasteiger partial charge < -0.3 is 15.3 Å². The van der Waals surface area contributed by atoms with E-state index in [9.17, 15) is 14.4 Å². The molecule has 7 nitrogen and oxygen atoms in total.